The van der Waals surface area contributed by atoms with Crippen molar-refractivity contribution in [3.8, 4) is 0 Å². The van der Waals surface area contributed by atoms with Crippen molar-refractivity contribution in [3.05, 3.63) is 44.2 Å². The van der Waals surface area contributed by atoms with Crippen LogP contribution in [0, 0.1) is 0 Å². The molecule has 0 aliphatic rings. The molecule has 0 radical (unpaired) electrons. The average molecular weight is 465 g/mol. The molecule has 7 nitrogen and oxygen atoms in total. The summed E-state index contributed by atoms with van der Waals surface area (Å²) in [4.78, 5) is 14.0. The van der Waals surface area contributed by atoms with Crippen LogP contribution in [0.25, 0.3) is 5.65 Å². The molecule has 0 aliphatic carbocycles. The van der Waals surface area contributed by atoms with Crippen molar-refractivity contribution in [1.29, 1.82) is 0 Å². The minimum absolute atomic E-state index is 0.0443. The van der Waals surface area contributed by atoms with Crippen LogP contribution in [0.2, 0.25) is 10.0 Å². The highest BCUT2D eigenvalue weighted by Crippen LogP contribution is 2.26. The molecule has 12 heteroatoms. The number of nitrogens with zero attached hydrogens (tertiary/aromatic N) is 3. The molecule has 3 aromatic rings. The lowest BCUT2D eigenvalue weighted by Crippen LogP contribution is -2.23. The molecule has 0 fully saturated rings. The van der Waals surface area contributed by atoms with E-state index in [9.17, 15) is 13.2 Å². The van der Waals surface area contributed by atoms with Crippen molar-refractivity contribution in [2.45, 2.75) is 11.6 Å². The quantitative estimate of drug-likeness (QED) is 0.406. The number of aromatic nitrogens is 3. The van der Waals surface area contributed by atoms with Gasteiger partial charge >= 0.3 is 0 Å². The number of nitrogens with one attached hydrogen (secondary N) is 1. The zero-order valence-corrected chi connectivity index (χ0v) is 17.9. The minimum Gasteiger partial charge on any atom is -0.292 e. The van der Waals surface area contributed by atoms with Crippen molar-refractivity contribution in [3.63, 3.8) is 0 Å². The first-order chi connectivity index (χ1) is 12.7. The standard InChI is InChI=1S/C15H14Cl2N4O3S3/c1-27(23,24)18-5-4-10-2-3-13(26-10)12(22)8-25-15-20-19-14-11(17)6-9(16)7-21(14)15/h2-3,6-7,18H,4-5,8H2,1H3. The molecule has 0 unspecified atom stereocenters. The lowest BCUT2D eigenvalue weighted by atomic mass is 10.3. The molecule has 27 heavy (non-hydrogen) atoms. The molecule has 0 aromatic carbocycles. The lowest BCUT2D eigenvalue weighted by molar-refractivity contribution is 0.102. The predicted octanol–water partition coefficient (Wildman–Crippen LogP) is 3.16. The molecular weight excluding hydrogens is 451 g/mol. The third kappa shape index (κ3) is 5.43. The number of pyridine rings is 1. The highest BCUT2D eigenvalue weighted by Gasteiger charge is 2.15. The second-order valence-corrected chi connectivity index (χ2v) is 10.4. The first-order valence-electron chi connectivity index (χ1n) is 7.62. The zero-order valence-electron chi connectivity index (χ0n) is 14.0. The zero-order chi connectivity index (χ0) is 19.6. The molecule has 0 aliphatic heterocycles. The topological polar surface area (TPSA) is 93.4 Å². The molecule has 0 saturated heterocycles. The Hall–Kier alpha value is -1.17. The molecule has 1 N–H and O–H groups in total. The number of carbonyl (C=O) groups is 1. The van der Waals surface area contributed by atoms with E-state index in [1.54, 1.807) is 22.7 Å². The maximum atomic E-state index is 12.4. The van der Waals surface area contributed by atoms with Crippen molar-refractivity contribution in [2.75, 3.05) is 18.6 Å². The minimum atomic E-state index is -3.21. The molecule has 3 rings (SSSR count). The molecule has 0 amide bonds. The van der Waals surface area contributed by atoms with Gasteiger partial charge in [-0.15, -0.1) is 21.5 Å². The maximum Gasteiger partial charge on any atom is 0.208 e. The third-order valence-corrected chi connectivity index (χ3v) is 6.74. The van der Waals surface area contributed by atoms with Crippen LogP contribution in [0.3, 0.4) is 0 Å². The Labute approximate surface area is 174 Å². The van der Waals surface area contributed by atoms with Crippen LogP contribution in [-0.2, 0) is 16.4 Å². The van der Waals surface area contributed by atoms with Gasteiger partial charge in [0, 0.05) is 17.6 Å². The number of sulfonamides is 1. The van der Waals surface area contributed by atoms with Crippen LogP contribution in [0.15, 0.2) is 29.6 Å². The van der Waals surface area contributed by atoms with Gasteiger partial charge in [0.2, 0.25) is 10.0 Å². The van der Waals surface area contributed by atoms with E-state index in [0.717, 1.165) is 11.1 Å². The van der Waals surface area contributed by atoms with E-state index in [2.05, 4.69) is 14.9 Å². The third-order valence-electron chi connectivity index (χ3n) is 3.40. The van der Waals surface area contributed by atoms with Crippen LogP contribution in [0.4, 0.5) is 0 Å². The van der Waals surface area contributed by atoms with E-state index < -0.39 is 10.0 Å². The van der Waals surface area contributed by atoms with Gasteiger partial charge in [-0.1, -0.05) is 35.0 Å². The molecule has 3 heterocycles. The van der Waals surface area contributed by atoms with Crippen LogP contribution >= 0.6 is 46.3 Å². The Bertz CT molecular complexity index is 1100. The van der Waals surface area contributed by atoms with E-state index >= 15 is 0 Å². The largest absolute Gasteiger partial charge is 0.292 e. The molecule has 0 saturated carbocycles. The number of thiophene rings is 1. The molecular formula is C15H14Cl2N4O3S3. The predicted molar refractivity (Wildman–Crippen MR) is 109 cm³/mol. The summed E-state index contributed by atoms with van der Waals surface area (Å²) >= 11 is 14.7. The number of hydrogen-bond acceptors (Lipinski definition) is 7. The average Bonchev–Trinajstić information content (AvgIpc) is 3.18. The van der Waals surface area contributed by atoms with Gasteiger partial charge in [0.05, 0.1) is 26.9 Å². The Balaban J connectivity index is 1.62. The summed E-state index contributed by atoms with van der Waals surface area (Å²) in [6.45, 7) is 0.301. The smallest absolute Gasteiger partial charge is 0.208 e. The van der Waals surface area contributed by atoms with Crippen molar-refractivity contribution in [2.24, 2.45) is 0 Å². The summed E-state index contributed by atoms with van der Waals surface area (Å²) in [5.41, 5.74) is 0.479. The number of ketones is 1. The van der Waals surface area contributed by atoms with Crippen LogP contribution in [0.1, 0.15) is 14.5 Å². The lowest BCUT2D eigenvalue weighted by Gasteiger charge is -2.01. The SMILES string of the molecule is CS(=O)(=O)NCCc1ccc(C(=O)CSc2nnc3c(Cl)cc(Cl)cn23)s1. The second-order valence-electron chi connectivity index (χ2n) is 5.58. The Morgan fingerprint density at radius 1 is 1.33 bits per heavy atom. The van der Waals surface area contributed by atoms with Gasteiger partial charge in [0.25, 0.3) is 0 Å². The number of rotatable bonds is 8. The summed E-state index contributed by atoms with van der Waals surface area (Å²) in [6, 6.07) is 5.16. The fourth-order valence-corrected chi connectivity index (χ4v) is 5.03. The molecule has 144 valence electrons. The van der Waals surface area contributed by atoms with Gasteiger partial charge in [-0.3, -0.25) is 9.20 Å². The Morgan fingerprint density at radius 3 is 2.85 bits per heavy atom. The molecule has 0 bridgehead atoms. The fourth-order valence-electron chi connectivity index (χ4n) is 2.22. The van der Waals surface area contributed by atoms with E-state index in [0.29, 0.717) is 38.7 Å². The van der Waals surface area contributed by atoms with Crippen molar-refractivity contribution < 1.29 is 13.2 Å². The summed E-state index contributed by atoms with van der Waals surface area (Å²) in [5.74, 6) is 0.143. The van der Waals surface area contributed by atoms with Crippen LogP contribution in [-0.4, -0.2) is 47.4 Å². The second kappa shape index (κ2) is 8.46. The van der Waals surface area contributed by atoms with Crippen LogP contribution < -0.4 is 4.72 Å². The number of fused-ring (bicyclic) bond motifs is 1. The number of hydrogen-bond donors (Lipinski definition) is 1. The Kier molecular flexibility index (Phi) is 6.44. The first-order valence-corrected chi connectivity index (χ1v) is 12.1. The van der Waals surface area contributed by atoms with E-state index in [4.69, 9.17) is 23.2 Å². The monoisotopic (exact) mass is 464 g/mol. The number of carbonyl (C=O) groups excluding carboxylic acids is 1. The van der Waals surface area contributed by atoms with Crippen LogP contribution in [0.5, 0.6) is 0 Å². The molecule has 0 atom stereocenters. The summed E-state index contributed by atoms with van der Waals surface area (Å²) in [5, 5.41) is 9.42. The number of Topliss-reactive ketones (excluding diaryl/α,β-unsaturated/α-hetero) is 1. The normalized spacial score (nSPS) is 12.0. The van der Waals surface area contributed by atoms with E-state index in [1.807, 2.05) is 6.07 Å². The van der Waals surface area contributed by atoms with E-state index in [-0.39, 0.29) is 11.5 Å². The van der Waals surface area contributed by atoms with Gasteiger partial charge in [-0.25, -0.2) is 13.1 Å². The highest BCUT2D eigenvalue weighted by atomic mass is 35.5. The number of halogens is 2. The van der Waals surface area contributed by atoms with Gasteiger partial charge in [0.15, 0.2) is 16.6 Å². The van der Waals surface area contributed by atoms with Gasteiger partial charge in [-0.05, 0) is 24.6 Å². The highest BCUT2D eigenvalue weighted by molar-refractivity contribution is 7.99. The van der Waals surface area contributed by atoms with E-state index in [1.165, 1.54) is 23.1 Å². The van der Waals surface area contributed by atoms with Gasteiger partial charge < -0.3 is 0 Å². The number of thioether (sulfide) groups is 1. The fraction of sp³-hybridized carbons (Fsp3) is 0.267. The Morgan fingerprint density at radius 2 is 2.11 bits per heavy atom. The summed E-state index contributed by atoms with van der Waals surface area (Å²) in [7, 11) is -3.21. The van der Waals surface area contributed by atoms with Gasteiger partial charge in [0.1, 0.15) is 0 Å². The maximum absolute atomic E-state index is 12.4. The first kappa shape index (κ1) is 20.6. The van der Waals surface area contributed by atoms with Crippen molar-refractivity contribution >= 4 is 67.8 Å². The van der Waals surface area contributed by atoms with Crippen molar-refractivity contribution in [1.82, 2.24) is 19.3 Å². The molecule has 0 spiro atoms. The summed E-state index contributed by atoms with van der Waals surface area (Å²) in [6.07, 6.45) is 3.29. The van der Waals surface area contributed by atoms with Gasteiger partial charge in [-0.2, -0.15) is 0 Å². The molecule has 3 aromatic heterocycles. The summed E-state index contributed by atoms with van der Waals surface area (Å²) < 4.78 is 26.2.